The Morgan fingerprint density at radius 2 is 1.76 bits per heavy atom. The van der Waals surface area contributed by atoms with Crippen LogP contribution in [0.4, 0.5) is 5.69 Å². The topological polar surface area (TPSA) is 75.7 Å². The number of amides is 1. The van der Waals surface area contributed by atoms with Gasteiger partial charge in [0.15, 0.2) is 0 Å². The molecule has 0 aliphatic rings. The summed E-state index contributed by atoms with van der Waals surface area (Å²) in [7, 11) is -2.44. The van der Waals surface area contributed by atoms with E-state index in [-0.39, 0.29) is 17.3 Å². The van der Waals surface area contributed by atoms with E-state index in [2.05, 4.69) is 5.32 Å². The zero-order chi connectivity index (χ0) is 24.4. The molecule has 3 aromatic carbocycles. The lowest BCUT2D eigenvalue weighted by Crippen LogP contribution is -2.41. The van der Waals surface area contributed by atoms with Crippen LogP contribution in [0.2, 0.25) is 5.02 Å². The predicted molar refractivity (Wildman–Crippen MR) is 139 cm³/mol. The van der Waals surface area contributed by atoms with Crippen molar-refractivity contribution < 1.29 is 17.9 Å². The number of nitrogens with one attached hydrogen (secondary N) is 1. The highest BCUT2D eigenvalue weighted by molar-refractivity contribution is 7.98. The van der Waals surface area contributed by atoms with E-state index in [1.54, 1.807) is 54.2 Å². The van der Waals surface area contributed by atoms with Crippen LogP contribution in [-0.2, 0) is 20.6 Å². The van der Waals surface area contributed by atoms with Gasteiger partial charge < -0.3 is 10.1 Å². The van der Waals surface area contributed by atoms with Crippen molar-refractivity contribution in [3.8, 4) is 5.75 Å². The lowest BCUT2D eigenvalue weighted by molar-refractivity contribution is -0.119. The first kappa shape index (κ1) is 25.9. The first-order valence-electron chi connectivity index (χ1n) is 10.7. The molecule has 0 atom stereocenters. The van der Waals surface area contributed by atoms with Gasteiger partial charge in [0.05, 0.1) is 17.7 Å². The third kappa shape index (κ3) is 7.16. The number of sulfonamides is 1. The maximum Gasteiger partial charge on any atom is 0.264 e. The van der Waals surface area contributed by atoms with Gasteiger partial charge in [-0.05, 0) is 48.1 Å². The van der Waals surface area contributed by atoms with E-state index in [4.69, 9.17) is 16.3 Å². The van der Waals surface area contributed by atoms with Gasteiger partial charge in [-0.25, -0.2) is 8.42 Å². The van der Waals surface area contributed by atoms with Gasteiger partial charge in [-0.1, -0.05) is 54.1 Å². The minimum absolute atomic E-state index is 0.113. The fourth-order valence-electron chi connectivity index (χ4n) is 3.19. The predicted octanol–water partition coefficient (Wildman–Crippen LogP) is 4.98. The number of carbonyl (C=O) groups is 1. The maximum atomic E-state index is 13.3. The molecule has 0 saturated heterocycles. The Morgan fingerprint density at radius 3 is 2.50 bits per heavy atom. The summed E-state index contributed by atoms with van der Waals surface area (Å²) in [5.74, 6) is 1.76. The second-order valence-corrected chi connectivity index (χ2v) is 10.7. The fraction of sp³-hybridized carbons (Fsp3) is 0.240. The Labute approximate surface area is 210 Å². The van der Waals surface area contributed by atoms with Crippen LogP contribution in [0, 0.1) is 0 Å². The molecule has 0 saturated carbocycles. The number of hydrogen-bond acceptors (Lipinski definition) is 5. The Kier molecular flexibility index (Phi) is 9.68. The largest absolute Gasteiger partial charge is 0.497 e. The maximum absolute atomic E-state index is 13.3. The van der Waals surface area contributed by atoms with E-state index in [1.165, 1.54) is 19.2 Å². The third-order valence-corrected chi connectivity index (χ3v) is 8.21. The number of anilines is 1. The minimum atomic E-state index is -3.95. The molecule has 1 N–H and O–H groups in total. The van der Waals surface area contributed by atoms with Crippen LogP contribution < -0.4 is 14.4 Å². The second-order valence-electron chi connectivity index (χ2n) is 7.37. The summed E-state index contributed by atoms with van der Waals surface area (Å²) in [6.45, 7) is 0.114. The van der Waals surface area contributed by atoms with Crippen LogP contribution in [0.1, 0.15) is 12.0 Å². The van der Waals surface area contributed by atoms with E-state index in [0.29, 0.717) is 18.0 Å². The van der Waals surface area contributed by atoms with Gasteiger partial charge in [0.2, 0.25) is 5.91 Å². The molecule has 0 unspecified atom stereocenters. The average molecular weight is 519 g/mol. The number of methoxy groups -OCH3 is 1. The number of thioether (sulfide) groups is 1. The number of carbonyl (C=O) groups excluding carboxylic acids is 1. The summed E-state index contributed by atoms with van der Waals surface area (Å²) in [5.41, 5.74) is 1.44. The highest BCUT2D eigenvalue weighted by Crippen LogP contribution is 2.27. The molecule has 1 amide bonds. The monoisotopic (exact) mass is 518 g/mol. The fourth-order valence-corrected chi connectivity index (χ4v) is 5.87. The van der Waals surface area contributed by atoms with Crippen LogP contribution >= 0.6 is 23.4 Å². The molecule has 0 bridgehead atoms. The van der Waals surface area contributed by atoms with Crippen molar-refractivity contribution in [1.29, 1.82) is 0 Å². The van der Waals surface area contributed by atoms with Gasteiger partial charge >= 0.3 is 0 Å². The highest BCUT2D eigenvalue weighted by Gasteiger charge is 2.27. The highest BCUT2D eigenvalue weighted by atomic mass is 35.5. The van der Waals surface area contributed by atoms with Crippen molar-refractivity contribution in [2.45, 2.75) is 17.1 Å². The molecule has 0 aliphatic heterocycles. The molecule has 6 nitrogen and oxygen atoms in total. The molecule has 0 radical (unpaired) electrons. The number of rotatable bonds is 12. The zero-order valence-electron chi connectivity index (χ0n) is 18.8. The molecule has 3 rings (SSSR count). The van der Waals surface area contributed by atoms with E-state index in [1.807, 2.05) is 24.3 Å². The lowest BCUT2D eigenvalue weighted by atomic mass is 10.2. The number of benzene rings is 3. The van der Waals surface area contributed by atoms with Gasteiger partial charge in [-0.3, -0.25) is 9.10 Å². The van der Waals surface area contributed by atoms with E-state index >= 15 is 0 Å². The zero-order valence-corrected chi connectivity index (χ0v) is 21.2. The molecule has 9 heteroatoms. The summed E-state index contributed by atoms with van der Waals surface area (Å²) >= 11 is 7.91. The number of nitrogens with zero attached hydrogens (tertiary/aromatic N) is 1. The molecular weight excluding hydrogens is 492 g/mol. The Hall–Kier alpha value is -2.68. The molecule has 0 heterocycles. The van der Waals surface area contributed by atoms with Crippen molar-refractivity contribution in [1.82, 2.24) is 5.32 Å². The van der Waals surface area contributed by atoms with E-state index in [0.717, 1.165) is 32.8 Å². The number of ether oxygens (including phenoxy) is 1. The summed E-state index contributed by atoms with van der Waals surface area (Å²) in [6.07, 6.45) is 0.755. The summed E-state index contributed by atoms with van der Waals surface area (Å²) < 4.78 is 33.0. The molecule has 180 valence electrons. The van der Waals surface area contributed by atoms with Crippen LogP contribution in [0.5, 0.6) is 5.75 Å². The van der Waals surface area contributed by atoms with Crippen molar-refractivity contribution in [2.75, 3.05) is 30.3 Å². The average Bonchev–Trinajstić information content (AvgIpc) is 2.86. The SMILES string of the molecule is COc1cccc(N(CC(=O)NCCCSCc2ccccc2Cl)S(=O)(=O)c2ccccc2)c1. The molecule has 0 spiro atoms. The van der Waals surface area contributed by atoms with Crippen molar-refractivity contribution in [3.63, 3.8) is 0 Å². The Bertz CT molecular complexity index is 1190. The minimum Gasteiger partial charge on any atom is -0.497 e. The Morgan fingerprint density at radius 1 is 1.03 bits per heavy atom. The standard InChI is InChI=1S/C25H27ClN2O4S2/c1-32-22-11-7-10-21(17-22)28(34(30,31)23-12-3-2-4-13-23)18-25(29)27-15-8-16-33-19-20-9-5-6-14-24(20)26/h2-7,9-14,17H,8,15-16,18-19H2,1H3,(H,27,29). The van der Waals surface area contributed by atoms with E-state index < -0.39 is 10.0 Å². The molecule has 0 aliphatic carbocycles. The molecule has 34 heavy (non-hydrogen) atoms. The van der Waals surface area contributed by atoms with Gasteiger partial charge in [0.25, 0.3) is 10.0 Å². The lowest BCUT2D eigenvalue weighted by Gasteiger charge is -2.24. The molecule has 0 fully saturated rings. The normalized spacial score (nSPS) is 11.1. The van der Waals surface area contributed by atoms with Crippen LogP contribution in [0.3, 0.4) is 0 Å². The van der Waals surface area contributed by atoms with Crippen molar-refractivity contribution in [2.24, 2.45) is 0 Å². The van der Waals surface area contributed by atoms with Crippen molar-refractivity contribution in [3.05, 3.63) is 89.4 Å². The smallest absolute Gasteiger partial charge is 0.264 e. The first-order valence-corrected chi connectivity index (χ1v) is 13.7. The summed E-state index contributed by atoms with van der Waals surface area (Å²) in [6, 6.07) is 22.4. The summed E-state index contributed by atoms with van der Waals surface area (Å²) in [5, 5.41) is 3.58. The molecule has 3 aromatic rings. The molecule has 0 aromatic heterocycles. The van der Waals surface area contributed by atoms with Gasteiger partial charge in [0.1, 0.15) is 12.3 Å². The van der Waals surface area contributed by atoms with Crippen molar-refractivity contribution >= 4 is 45.0 Å². The first-order chi connectivity index (χ1) is 16.4. The van der Waals surface area contributed by atoms with E-state index in [9.17, 15) is 13.2 Å². The van der Waals surface area contributed by atoms with Crippen LogP contribution in [0.15, 0.2) is 83.8 Å². The van der Waals surface area contributed by atoms with Gasteiger partial charge in [-0.15, -0.1) is 0 Å². The third-order valence-electron chi connectivity index (χ3n) is 4.96. The molecular formula is C25H27ClN2O4S2. The van der Waals surface area contributed by atoms with Crippen LogP contribution in [0.25, 0.3) is 0 Å². The Balaban J connectivity index is 1.60. The number of hydrogen-bond donors (Lipinski definition) is 1. The van der Waals surface area contributed by atoms with Gasteiger partial charge in [0, 0.05) is 23.4 Å². The van der Waals surface area contributed by atoms with Crippen LogP contribution in [-0.4, -0.2) is 40.3 Å². The summed E-state index contributed by atoms with van der Waals surface area (Å²) in [4.78, 5) is 12.8. The number of halogens is 1. The second kappa shape index (κ2) is 12.7. The quantitative estimate of drug-likeness (QED) is 0.342. The van der Waals surface area contributed by atoms with Gasteiger partial charge in [-0.2, -0.15) is 11.8 Å².